The van der Waals surface area contributed by atoms with Gasteiger partial charge in [0.15, 0.2) is 0 Å². The van der Waals surface area contributed by atoms with E-state index < -0.39 is 0 Å². The molecule has 1 fully saturated rings. The molecule has 3 heterocycles. The standard InChI is InChI=1S/C18H25N5/c1-13-9-17(19-11-14(13)2)20-12-16-10-15(3)21-18(22-16)23-7-5-4-6-8-23/h9-11H,4-8,12H2,1-3H3,(H,19,20). The molecule has 0 aromatic carbocycles. The van der Waals surface area contributed by atoms with Crippen molar-refractivity contribution in [3.8, 4) is 0 Å². The number of aromatic nitrogens is 3. The fourth-order valence-electron chi connectivity index (χ4n) is 2.84. The third kappa shape index (κ3) is 3.97. The quantitative estimate of drug-likeness (QED) is 0.938. The SMILES string of the molecule is Cc1cc(CNc2cc(C)c(C)cn2)nc(N2CCCCC2)n1. The van der Waals surface area contributed by atoms with Crippen LogP contribution in [-0.4, -0.2) is 28.0 Å². The highest BCUT2D eigenvalue weighted by Crippen LogP contribution is 2.17. The van der Waals surface area contributed by atoms with Crippen LogP contribution < -0.4 is 10.2 Å². The first kappa shape index (κ1) is 15.7. The summed E-state index contributed by atoms with van der Waals surface area (Å²) >= 11 is 0. The predicted octanol–water partition coefficient (Wildman–Crippen LogP) is 3.40. The molecule has 122 valence electrons. The highest BCUT2D eigenvalue weighted by Gasteiger charge is 2.14. The number of anilines is 2. The summed E-state index contributed by atoms with van der Waals surface area (Å²) in [6, 6.07) is 4.12. The van der Waals surface area contributed by atoms with Gasteiger partial charge in [0.1, 0.15) is 5.82 Å². The first-order chi connectivity index (χ1) is 11.1. The second kappa shape index (κ2) is 6.94. The van der Waals surface area contributed by atoms with E-state index in [1.54, 1.807) is 0 Å². The zero-order chi connectivity index (χ0) is 16.2. The van der Waals surface area contributed by atoms with Crippen LogP contribution in [-0.2, 0) is 6.54 Å². The van der Waals surface area contributed by atoms with Crippen LogP contribution in [0.5, 0.6) is 0 Å². The Morgan fingerprint density at radius 2 is 1.78 bits per heavy atom. The average molecular weight is 311 g/mol. The summed E-state index contributed by atoms with van der Waals surface area (Å²) in [4.78, 5) is 16.1. The van der Waals surface area contributed by atoms with E-state index >= 15 is 0 Å². The highest BCUT2D eigenvalue weighted by atomic mass is 15.3. The molecule has 2 aromatic rings. The van der Waals surface area contributed by atoms with Gasteiger partial charge in [0.25, 0.3) is 0 Å². The molecule has 0 saturated carbocycles. The van der Waals surface area contributed by atoms with Gasteiger partial charge in [-0.25, -0.2) is 15.0 Å². The maximum Gasteiger partial charge on any atom is 0.225 e. The van der Waals surface area contributed by atoms with E-state index in [1.165, 1.54) is 30.4 Å². The molecule has 1 aliphatic heterocycles. The van der Waals surface area contributed by atoms with Gasteiger partial charge in [0, 0.05) is 25.0 Å². The molecule has 23 heavy (non-hydrogen) atoms. The van der Waals surface area contributed by atoms with E-state index in [2.05, 4.69) is 40.1 Å². The van der Waals surface area contributed by atoms with Gasteiger partial charge in [-0.1, -0.05) is 0 Å². The molecule has 3 rings (SSSR count). The van der Waals surface area contributed by atoms with Crippen LogP contribution in [0.4, 0.5) is 11.8 Å². The molecule has 0 aliphatic carbocycles. The number of nitrogens with zero attached hydrogens (tertiary/aromatic N) is 4. The zero-order valence-corrected chi connectivity index (χ0v) is 14.3. The van der Waals surface area contributed by atoms with Crippen molar-refractivity contribution in [2.24, 2.45) is 0 Å². The first-order valence-electron chi connectivity index (χ1n) is 8.38. The number of hydrogen-bond donors (Lipinski definition) is 1. The Labute approximate surface area is 138 Å². The molecule has 1 N–H and O–H groups in total. The molecule has 5 heteroatoms. The summed E-state index contributed by atoms with van der Waals surface area (Å²) in [5, 5.41) is 3.37. The highest BCUT2D eigenvalue weighted by molar-refractivity contribution is 5.41. The fraction of sp³-hybridized carbons (Fsp3) is 0.500. The lowest BCUT2D eigenvalue weighted by Gasteiger charge is -2.27. The molecule has 5 nitrogen and oxygen atoms in total. The van der Waals surface area contributed by atoms with E-state index in [9.17, 15) is 0 Å². The molecule has 0 amide bonds. The van der Waals surface area contributed by atoms with Crippen molar-refractivity contribution in [2.45, 2.75) is 46.6 Å². The van der Waals surface area contributed by atoms with E-state index in [0.717, 1.165) is 36.2 Å². The van der Waals surface area contributed by atoms with Gasteiger partial charge in [-0.15, -0.1) is 0 Å². The van der Waals surface area contributed by atoms with Crippen molar-refractivity contribution in [3.05, 3.63) is 40.8 Å². The van der Waals surface area contributed by atoms with Gasteiger partial charge < -0.3 is 10.2 Å². The van der Waals surface area contributed by atoms with Gasteiger partial charge in [0.05, 0.1) is 12.2 Å². The lowest BCUT2D eigenvalue weighted by molar-refractivity contribution is 0.567. The zero-order valence-electron chi connectivity index (χ0n) is 14.3. The van der Waals surface area contributed by atoms with E-state index in [1.807, 2.05) is 19.2 Å². The largest absolute Gasteiger partial charge is 0.364 e. The Hall–Kier alpha value is -2.17. The number of aryl methyl sites for hydroxylation is 3. The Balaban J connectivity index is 1.71. The van der Waals surface area contributed by atoms with Crippen molar-refractivity contribution in [3.63, 3.8) is 0 Å². The smallest absolute Gasteiger partial charge is 0.225 e. The molecular weight excluding hydrogens is 286 g/mol. The summed E-state index contributed by atoms with van der Waals surface area (Å²) in [5.41, 5.74) is 4.49. The van der Waals surface area contributed by atoms with Crippen molar-refractivity contribution in [1.29, 1.82) is 0 Å². The minimum absolute atomic E-state index is 0.666. The Kier molecular flexibility index (Phi) is 4.74. The van der Waals surface area contributed by atoms with Crippen molar-refractivity contribution in [1.82, 2.24) is 15.0 Å². The minimum Gasteiger partial charge on any atom is -0.364 e. The van der Waals surface area contributed by atoms with Crippen LogP contribution >= 0.6 is 0 Å². The van der Waals surface area contributed by atoms with E-state index in [4.69, 9.17) is 4.98 Å². The molecular formula is C18H25N5. The summed E-state index contributed by atoms with van der Waals surface area (Å²) in [6.07, 6.45) is 5.69. The van der Waals surface area contributed by atoms with Gasteiger partial charge in [-0.2, -0.15) is 0 Å². The van der Waals surface area contributed by atoms with E-state index in [0.29, 0.717) is 6.54 Å². The topological polar surface area (TPSA) is 53.9 Å². The normalized spacial score (nSPS) is 14.8. The van der Waals surface area contributed by atoms with Gasteiger partial charge in [-0.05, 0) is 63.3 Å². The second-order valence-corrected chi connectivity index (χ2v) is 6.36. The Bertz CT molecular complexity index is 677. The van der Waals surface area contributed by atoms with Crippen molar-refractivity contribution in [2.75, 3.05) is 23.3 Å². The Morgan fingerprint density at radius 1 is 1.00 bits per heavy atom. The second-order valence-electron chi connectivity index (χ2n) is 6.36. The molecule has 0 bridgehead atoms. The predicted molar refractivity (Wildman–Crippen MR) is 93.9 cm³/mol. The molecule has 0 atom stereocenters. The summed E-state index contributed by atoms with van der Waals surface area (Å²) in [6.45, 7) is 9.01. The van der Waals surface area contributed by atoms with Crippen LogP contribution in [0.3, 0.4) is 0 Å². The lowest BCUT2D eigenvalue weighted by Crippen LogP contribution is -2.31. The number of rotatable bonds is 4. The number of hydrogen-bond acceptors (Lipinski definition) is 5. The van der Waals surface area contributed by atoms with Crippen LogP contribution in [0, 0.1) is 20.8 Å². The van der Waals surface area contributed by atoms with Crippen LogP contribution in [0.25, 0.3) is 0 Å². The molecule has 2 aromatic heterocycles. The summed E-state index contributed by atoms with van der Waals surface area (Å²) in [7, 11) is 0. The fourth-order valence-corrected chi connectivity index (χ4v) is 2.84. The maximum atomic E-state index is 4.74. The molecule has 0 radical (unpaired) electrons. The van der Waals surface area contributed by atoms with Gasteiger partial charge in [-0.3, -0.25) is 0 Å². The van der Waals surface area contributed by atoms with Gasteiger partial charge in [0.2, 0.25) is 5.95 Å². The third-order valence-corrected chi connectivity index (χ3v) is 4.36. The van der Waals surface area contributed by atoms with Crippen LogP contribution in [0.1, 0.15) is 41.8 Å². The van der Waals surface area contributed by atoms with Gasteiger partial charge >= 0.3 is 0 Å². The summed E-state index contributed by atoms with van der Waals surface area (Å²) < 4.78 is 0. The van der Waals surface area contributed by atoms with Crippen molar-refractivity contribution >= 4 is 11.8 Å². The molecule has 1 aliphatic rings. The maximum absolute atomic E-state index is 4.74. The first-order valence-corrected chi connectivity index (χ1v) is 8.38. The monoisotopic (exact) mass is 311 g/mol. The minimum atomic E-state index is 0.666. The number of nitrogens with one attached hydrogen (secondary N) is 1. The van der Waals surface area contributed by atoms with Crippen molar-refractivity contribution < 1.29 is 0 Å². The van der Waals surface area contributed by atoms with E-state index in [-0.39, 0.29) is 0 Å². The molecule has 0 unspecified atom stereocenters. The number of piperidine rings is 1. The van der Waals surface area contributed by atoms with Crippen LogP contribution in [0.2, 0.25) is 0 Å². The summed E-state index contributed by atoms with van der Waals surface area (Å²) in [5.74, 6) is 1.76. The Morgan fingerprint density at radius 3 is 2.52 bits per heavy atom. The number of pyridine rings is 1. The van der Waals surface area contributed by atoms with Crippen LogP contribution in [0.15, 0.2) is 18.3 Å². The molecule has 0 spiro atoms. The third-order valence-electron chi connectivity index (χ3n) is 4.36. The lowest BCUT2D eigenvalue weighted by atomic mass is 10.1. The molecule has 1 saturated heterocycles. The average Bonchev–Trinajstić information content (AvgIpc) is 2.56.